The van der Waals surface area contributed by atoms with E-state index in [1.807, 2.05) is 12.1 Å². The lowest BCUT2D eigenvalue weighted by Gasteiger charge is -2.13. The molecule has 0 aliphatic carbocycles. The normalized spacial score (nSPS) is 11.6. The maximum Gasteiger partial charge on any atom is 0.166 e. The summed E-state index contributed by atoms with van der Waals surface area (Å²) in [6, 6.07) is 54.9. The van der Waals surface area contributed by atoms with Crippen LogP contribution in [-0.4, -0.2) is 19.9 Å². The number of aromatic nitrogens is 4. The van der Waals surface area contributed by atoms with Gasteiger partial charge in [0, 0.05) is 42.4 Å². The van der Waals surface area contributed by atoms with Crippen LogP contribution in [0, 0.1) is 0 Å². The van der Waals surface area contributed by atoms with Gasteiger partial charge in [-0.2, -0.15) is 0 Å². The minimum atomic E-state index is 0.634. The average molecular weight is 675 g/mol. The van der Waals surface area contributed by atoms with Crippen molar-refractivity contribution in [1.29, 1.82) is 0 Å². The molecule has 234 valence electrons. The van der Waals surface area contributed by atoms with Gasteiger partial charge in [0.25, 0.3) is 0 Å². The molecule has 0 radical (unpaired) electrons. The Labute approximate surface area is 296 Å². The summed E-state index contributed by atoms with van der Waals surface area (Å²) in [4.78, 5) is 21.1. The van der Waals surface area contributed by atoms with Gasteiger partial charge in [0.05, 0.1) is 10.2 Å². The quantitative estimate of drug-likeness (QED) is 0.182. The standard InChI is InChI=1S/C44H26N4S2/c1-3-14-28(15-4-1)32-19-9-10-20-33(32)42-46-41(31-24-23-27-13-7-8-18-30(27)25-31)47-43(48-42)39-38-34-21-11-12-22-36(34)49-37(38)26-35-40(39)50-44(45-35)29-16-5-2-6-17-29/h1-26H. The van der Waals surface area contributed by atoms with Crippen LogP contribution >= 0.6 is 22.7 Å². The molecule has 0 amide bonds. The van der Waals surface area contributed by atoms with Crippen LogP contribution in [-0.2, 0) is 0 Å². The zero-order chi connectivity index (χ0) is 33.0. The van der Waals surface area contributed by atoms with E-state index in [0.29, 0.717) is 17.5 Å². The van der Waals surface area contributed by atoms with E-state index in [1.165, 1.54) is 15.5 Å². The molecule has 0 bridgehead atoms. The summed E-state index contributed by atoms with van der Waals surface area (Å²) in [5, 5.41) is 5.63. The summed E-state index contributed by atoms with van der Waals surface area (Å²) in [7, 11) is 0. The van der Waals surface area contributed by atoms with Crippen molar-refractivity contribution in [2.24, 2.45) is 0 Å². The average Bonchev–Trinajstić information content (AvgIpc) is 3.78. The lowest BCUT2D eigenvalue weighted by atomic mass is 9.99. The van der Waals surface area contributed by atoms with Crippen LogP contribution in [0.4, 0.5) is 0 Å². The number of hydrogen-bond acceptors (Lipinski definition) is 6. The Hall–Kier alpha value is -6.08. The summed E-state index contributed by atoms with van der Waals surface area (Å²) in [6.45, 7) is 0. The number of benzene rings is 7. The van der Waals surface area contributed by atoms with Crippen molar-refractivity contribution in [3.05, 3.63) is 158 Å². The van der Waals surface area contributed by atoms with Crippen LogP contribution < -0.4 is 0 Å². The molecule has 0 saturated heterocycles. The number of hydrogen-bond donors (Lipinski definition) is 0. The van der Waals surface area contributed by atoms with E-state index in [-0.39, 0.29) is 0 Å². The van der Waals surface area contributed by atoms with Gasteiger partial charge in [-0.3, -0.25) is 0 Å². The van der Waals surface area contributed by atoms with Crippen molar-refractivity contribution in [3.63, 3.8) is 0 Å². The highest BCUT2D eigenvalue weighted by Crippen LogP contribution is 2.47. The Morgan fingerprint density at radius 1 is 0.400 bits per heavy atom. The lowest BCUT2D eigenvalue weighted by Crippen LogP contribution is -2.01. The van der Waals surface area contributed by atoms with E-state index in [4.69, 9.17) is 19.9 Å². The van der Waals surface area contributed by atoms with Crippen molar-refractivity contribution < 1.29 is 0 Å². The first-order valence-electron chi connectivity index (χ1n) is 16.5. The van der Waals surface area contributed by atoms with Gasteiger partial charge in [-0.05, 0) is 40.1 Å². The molecular formula is C44H26N4S2. The SMILES string of the molecule is c1ccc(-c2nc3cc4sc5ccccc5c4c(-c4nc(-c5ccc6ccccc6c5)nc(-c5ccccc5-c5ccccc5)n4)c3s2)cc1. The van der Waals surface area contributed by atoms with E-state index in [0.717, 1.165) is 64.1 Å². The second-order valence-electron chi connectivity index (χ2n) is 12.2. The molecule has 10 aromatic rings. The molecule has 0 unspecified atom stereocenters. The maximum atomic E-state index is 5.38. The van der Waals surface area contributed by atoms with E-state index in [2.05, 4.69) is 146 Å². The predicted octanol–water partition coefficient (Wildman–Crippen LogP) is 12.3. The molecule has 0 aliphatic heterocycles. The Morgan fingerprint density at radius 3 is 1.90 bits per heavy atom. The lowest BCUT2D eigenvalue weighted by molar-refractivity contribution is 1.08. The van der Waals surface area contributed by atoms with Gasteiger partial charge in [0.2, 0.25) is 0 Å². The van der Waals surface area contributed by atoms with Crippen LogP contribution in [0.2, 0.25) is 0 Å². The minimum Gasteiger partial charge on any atom is -0.236 e. The van der Waals surface area contributed by atoms with Gasteiger partial charge < -0.3 is 0 Å². The number of fused-ring (bicyclic) bond motifs is 5. The fourth-order valence-electron chi connectivity index (χ4n) is 6.80. The maximum absolute atomic E-state index is 5.38. The summed E-state index contributed by atoms with van der Waals surface area (Å²) >= 11 is 3.48. The molecule has 0 aliphatic rings. The van der Waals surface area contributed by atoms with E-state index in [1.54, 1.807) is 22.7 Å². The highest BCUT2D eigenvalue weighted by Gasteiger charge is 2.23. The molecule has 7 aromatic carbocycles. The zero-order valence-corrected chi connectivity index (χ0v) is 28.2. The monoisotopic (exact) mass is 674 g/mol. The van der Waals surface area contributed by atoms with Crippen LogP contribution in [0.25, 0.3) is 97.0 Å². The molecule has 0 N–H and O–H groups in total. The molecule has 3 heterocycles. The van der Waals surface area contributed by atoms with Crippen LogP contribution in [0.15, 0.2) is 158 Å². The highest BCUT2D eigenvalue weighted by molar-refractivity contribution is 7.26. The number of rotatable bonds is 5. The van der Waals surface area contributed by atoms with E-state index < -0.39 is 0 Å². The Morgan fingerprint density at radius 2 is 1.06 bits per heavy atom. The molecule has 0 spiro atoms. The Bertz CT molecular complexity index is 2880. The molecule has 6 heteroatoms. The molecule has 0 fully saturated rings. The van der Waals surface area contributed by atoms with Gasteiger partial charge in [-0.15, -0.1) is 22.7 Å². The molecule has 4 nitrogen and oxygen atoms in total. The fourth-order valence-corrected chi connectivity index (χ4v) is 9.05. The van der Waals surface area contributed by atoms with Gasteiger partial charge >= 0.3 is 0 Å². The molecule has 3 aromatic heterocycles. The molecule has 0 atom stereocenters. The topological polar surface area (TPSA) is 51.6 Å². The van der Waals surface area contributed by atoms with Crippen molar-refractivity contribution in [3.8, 4) is 55.9 Å². The van der Waals surface area contributed by atoms with Gasteiger partial charge in [0.15, 0.2) is 17.5 Å². The zero-order valence-electron chi connectivity index (χ0n) is 26.6. The predicted molar refractivity (Wildman–Crippen MR) is 211 cm³/mol. The highest BCUT2D eigenvalue weighted by atomic mass is 32.1. The third-order valence-corrected chi connectivity index (χ3v) is 11.4. The third-order valence-electron chi connectivity index (χ3n) is 9.16. The van der Waals surface area contributed by atoms with Crippen LogP contribution in [0.3, 0.4) is 0 Å². The first kappa shape index (κ1) is 28.9. The summed E-state index contributed by atoms with van der Waals surface area (Å²) in [6.07, 6.45) is 0. The van der Waals surface area contributed by atoms with Gasteiger partial charge in [-0.1, -0.05) is 140 Å². The Balaban J connectivity index is 1.31. The minimum absolute atomic E-state index is 0.634. The summed E-state index contributed by atoms with van der Waals surface area (Å²) in [5.41, 5.74) is 7.12. The molecule has 0 saturated carbocycles. The second kappa shape index (κ2) is 11.8. The summed E-state index contributed by atoms with van der Waals surface area (Å²) in [5.74, 6) is 1.91. The van der Waals surface area contributed by atoms with Gasteiger partial charge in [-0.25, -0.2) is 19.9 Å². The van der Waals surface area contributed by atoms with Crippen molar-refractivity contribution in [2.75, 3.05) is 0 Å². The first-order chi connectivity index (χ1) is 24.8. The largest absolute Gasteiger partial charge is 0.236 e. The van der Waals surface area contributed by atoms with Crippen molar-refractivity contribution in [2.45, 2.75) is 0 Å². The molecular weight excluding hydrogens is 649 g/mol. The number of thiazole rings is 1. The second-order valence-corrected chi connectivity index (χ2v) is 14.3. The first-order valence-corrected chi connectivity index (χ1v) is 18.1. The van der Waals surface area contributed by atoms with E-state index >= 15 is 0 Å². The smallest absolute Gasteiger partial charge is 0.166 e. The molecule has 10 rings (SSSR count). The van der Waals surface area contributed by atoms with Crippen molar-refractivity contribution >= 4 is 63.8 Å². The third kappa shape index (κ3) is 4.88. The van der Waals surface area contributed by atoms with Crippen LogP contribution in [0.5, 0.6) is 0 Å². The summed E-state index contributed by atoms with van der Waals surface area (Å²) < 4.78 is 3.46. The number of thiophene rings is 1. The molecule has 50 heavy (non-hydrogen) atoms. The fraction of sp³-hybridized carbons (Fsp3) is 0. The van der Waals surface area contributed by atoms with E-state index in [9.17, 15) is 0 Å². The van der Waals surface area contributed by atoms with Crippen molar-refractivity contribution in [1.82, 2.24) is 19.9 Å². The van der Waals surface area contributed by atoms with Crippen LogP contribution in [0.1, 0.15) is 0 Å². The number of nitrogens with zero attached hydrogens (tertiary/aromatic N) is 4. The Kier molecular flexibility index (Phi) is 6.82. The van der Waals surface area contributed by atoms with Gasteiger partial charge in [0.1, 0.15) is 5.01 Å².